The topological polar surface area (TPSA) is 59.6 Å². The number of para-hydroxylation sites is 2. The van der Waals surface area contributed by atoms with Gasteiger partial charge >= 0.3 is 6.36 Å². The number of alkyl halides is 3. The Morgan fingerprint density at radius 2 is 2.00 bits per heavy atom. The summed E-state index contributed by atoms with van der Waals surface area (Å²) in [7, 11) is 0. The molecule has 1 aromatic carbocycles. The highest BCUT2D eigenvalue weighted by Crippen LogP contribution is 2.29. The molecular weight excluding hydrogens is 466 g/mol. The van der Waals surface area contributed by atoms with Crippen LogP contribution in [0.15, 0.2) is 46.8 Å². The molecular formula is C16H19F3IN3OS. The van der Waals surface area contributed by atoms with E-state index in [9.17, 15) is 13.2 Å². The van der Waals surface area contributed by atoms with Crippen LogP contribution in [0.2, 0.25) is 0 Å². The summed E-state index contributed by atoms with van der Waals surface area (Å²) in [4.78, 5) is 5.45. The lowest BCUT2D eigenvalue weighted by atomic mass is 10.1. The molecule has 9 heteroatoms. The maximum atomic E-state index is 12.4. The van der Waals surface area contributed by atoms with Crippen LogP contribution in [0.4, 0.5) is 18.9 Å². The summed E-state index contributed by atoms with van der Waals surface area (Å²) < 4.78 is 41.1. The van der Waals surface area contributed by atoms with Gasteiger partial charge in [0.05, 0.1) is 5.69 Å². The van der Waals surface area contributed by atoms with E-state index >= 15 is 0 Å². The van der Waals surface area contributed by atoms with Crippen molar-refractivity contribution in [2.75, 3.05) is 11.9 Å². The molecule has 0 aliphatic heterocycles. The molecule has 0 aliphatic rings. The van der Waals surface area contributed by atoms with Gasteiger partial charge in [-0.05, 0) is 35.9 Å². The predicted octanol–water partition coefficient (Wildman–Crippen LogP) is 4.87. The molecule has 0 amide bonds. The van der Waals surface area contributed by atoms with Gasteiger partial charge in [0.2, 0.25) is 0 Å². The number of guanidine groups is 1. The maximum Gasteiger partial charge on any atom is 0.573 e. The lowest BCUT2D eigenvalue weighted by Gasteiger charge is -2.14. The van der Waals surface area contributed by atoms with Crippen LogP contribution >= 0.6 is 35.3 Å². The van der Waals surface area contributed by atoms with Gasteiger partial charge in [-0.15, -0.1) is 48.5 Å². The van der Waals surface area contributed by atoms with Gasteiger partial charge in [0, 0.05) is 11.4 Å². The molecule has 1 unspecified atom stereocenters. The molecule has 2 rings (SSSR count). The molecule has 4 nitrogen and oxygen atoms in total. The van der Waals surface area contributed by atoms with Crippen molar-refractivity contribution in [3.05, 3.63) is 46.7 Å². The van der Waals surface area contributed by atoms with E-state index in [1.165, 1.54) is 23.1 Å². The zero-order valence-corrected chi connectivity index (χ0v) is 16.6. The van der Waals surface area contributed by atoms with Crippen molar-refractivity contribution < 1.29 is 17.9 Å². The van der Waals surface area contributed by atoms with Gasteiger partial charge in [-0.2, -0.15) is 0 Å². The van der Waals surface area contributed by atoms with Gasteiger partial charge in [-0.1, -0.05) is 25.1 Å². The maximum absolute atomic E-state index is 12.4. The quantitative estimate of drug-likeness (QED) is 0.349. The van der Waals surface area contributed by atoms with E-state index in [0.29, 0.717) is 6.54 Å². The molecule has 0 spiro atoms. The first-order valence-electron chi connectivity index (χ1n) is 7.27. The van der Waals surface area contributed by atoms with Crippen molar-refractivity contribution in [2.24, 2.45) is 16.6 Å². The number of thiophene rings is 1. The van der Waals surface area contributed by atoms with Gasteiger partial charge in [-0.25, -0.2) is 0 Å². The van der Waals surface area contributed by atoms with Gasteiger partial charge in [0.25, 0.3) is 0 Å². The highest BCUT2D eigenvalue weighted by atomic mass is 127. The third kappa shape index (κ3) is 7.95. The molecule has 0 bridgehead atoms. The number of benzene rings is 1. The minimum absolute atomic E-state index is 0. The first kappa shape index (κ1) is 21.6. The molecule has 0 saturated carbocycles. The Kier molecular flexibility index (Phi) is 8.50. The third-order valence-corrected chi connectivity index (χ3v) is 3.98. The van der Waals surface area contributed by atoms with Crippen LogP contribution < -0.4 is 15.8 Å². The standard InChI is InChI=1S/C16H18F3N3OS.HI/c1-11(9-12-5-4-8-24-12)10-21-15(20)22-13-6-2-3-7-14(13)23-16(17,18)19;/h2-8,11H,9-10H2,1H3,(H3,20,21,22);1H. The summed E-state index contributed by atoms with van der Waals surface area (Å²) in [6.45, 7) is 2.51. The minimum Gasteiger partial charge on any atom is -0.404 e. The molecule has 1 heterocycles. The zero-order chi connectivity index (χ0) is 17.6. The Bertz CT molecular complexity index is 678. The van der Waals surface area contributed by atoms with Crippen LogP contribution in [0.25, 0.3) is 0 Å². The number of nitrogens with zero attached hydrogens (tertiary/aromatic N) is 1. The molecule has 2 aromatic rings. The van der Waals surface area contributed by atoms with E-state index in [-0.39, 0.29) is 47.3 Å². The second-order valence-electron chi connectivity index (χ2n) is 5.28. The number of hydrogen-bond donors (Lipinski definition) is 2. The summed E-state index contributed by atoms with van der Waals surface area (Å²) >= 11 is 1.68. The van der Waals surface area contributed by atoms with Crippen molar-refractivity contribution in [3.63, 3.8) is 0 Å². The number of hydrogen-bond acceptors (Lipinski definition) is 3. The normalized spacial score (nSPS) is 13.0. The zero-order valence-electron chi connectivity index (χ0n) is 13.4. The van der Waals surface area contributed by atoms with E-state index in [2.05, 4.69) is 21.1 Å². The summed E-state index contributed by atoms with van der Waals surface area (Å²) in [6.07, 6.45) is -3.89. The van der Waals surface area contributed by atoms with Gasteiger partial charge < -0.3 is 15.8 Å². The van der Waals surface area contributed by atoms with Gasteiger partial charge in [-0.3, -0.25) is 4.99 Å². The van der Waals surface area contributed by atoms with E-state index in [4.69, 9.17) is 5.73 Å². The lowest BCUT2D eigenvalue weighted by Crippen LogP contribution is -2.25. The Hall–Kier alpha value is -1.49. The SMILES string of the molecule is CC(CN=C(N)Nc1ccccc1OC(F)(F)F)Cc1cccs1.I. The highest BCUT2D eigenvalue weighted by molar-refractivity contribution is 14.0. The largest absolute Gasteiger partial charge is 0.573 e. The van der Waals surface area contributed by atoms with E-state index in [0.717, 1.165) is 6.42 Å². The number of nitrogens with two attached hydrogens (primary N) is 1. The predicted molar refractivity (Wildman–Crippen MR) is 106 cm³/mol. The van der Waals surface area contributed by atoms with E-state index in [1.807, 2.05) is 18.4 Å². The Morgan fingerprint density at radius 1 is 1.28 bits per heavy atom. The average Bonchev–Trinajstić information content (AvgIpc) is 2.99. The third-order valence-electron chi connectivity index (χ3n) is 3.08. The summed E-state index contributed by atoms with van der Waals surface area (Å²) in [6, 6.07) is 9.72. The smallest absolute Gasteiger partial charge is 0.404 e. The fourth-order valence-corrected chi connectivity index (χ4v) is 2.92. The van der Waals surface area contributed by atoms with E-state index < -0.39 is 6.36 Å². The monoisotopic (exact) mass is 485 g/mol. The fraction of sp³-hybridized carbons (Fsp3) is 0.312. The van der Waals surface area contributed by atoms with Crippen molar-refractivity contribution in [2.45, 2.75) is 19.7 Å². The molecule has 0 saturated heterocycles. The number of nitrogens with one attached hydrogen (secondary N) is 1. The molecule has 138 valence electrons. The molecule has 0 aliphatic carbocycles. The summed E-state index contributed by atoms with van der Waals surface area (Å²) in [5, 5.41) is 4.67. The van der Waals surface area contributed by atoms with Crippen LogP contribution in [0.5, 0.6) is 5.75 Å². The van der Waals surface area contributed by atoms with Crippen LogP contribution in [0.1, 0.15) is 11.8 Å². The molecule has 1 aromatic heterocycles. The lowest BCUT2D eigenvalue weighted by molar-refractivity contribution is -0.274. The summed E-state index contributed by atoms with van der Waals surface area (Å²) in [5.41, 5.74) is 5.88. The first-order valence-corrected chi connectivity index (χ1v) is 8.15. The molecule has 0 fully saturated rings. The van der Waals surface area contributed by atoms with Gasteiger partial charge in [0.1, 0.15) is 0 Å². The Balaban J connectivity index is 0.00000312. The molecule has 25 heavy (non-hydrogen) atoms. The number of ether oxygens (including phenoxy) is 1. The Labute approximate surface area is 165 Å². The minimum atomic E-state index is -4.76. The summed E-state index contributed by atoms with van der Waals surface area (Å²) in [5.74, 6) is -0.0355. The number of rotatable bonds is 6. The van der Waals surface area contributed by atoms with Crippen LogP contribution in [-0.2, 0) is 6.42 Å². The van der Waals surface area contributed by atoms with E-state index in [1.54, 1.807) is 17.4 Å². The second-order valence-corrected chi connectivity index (χ2v) is 6.32. The number of anilines is 1. The molecule has 0 radical (unpaired) electrons. The average molecular weight is 485 g/mol. The Morgan fingerprint density at radius 3 is 2.64 bits per heavy atom. The van der Waals surface area contributed by atoms with Crippen LogP contribution in [-0.4, -0.2) is 18.9 Å². The fourth-order valence-electron chi connectivity index (χ4n) is 2.05. The van der Waals surface area contributed by atoms with Crippen LogP contribution in [0.3, 0.4) is 0 Å². The van der Waals surface area contributed by atoms with Crippen molar-refractivity contribution >= 4 is 47.0 Å². The van der Waals surface area contributed by atoms with Gasteiger partial charge in [0.15, 0.2) is 11.7 Å². The first-order chi connectivity index (χ1) is 11.3. The van der Waals surface area contributed by atoms with Crippen molar-refractivity contribution in [3.8, 4) is 5.75 Å². The number of halogens is 4. The van der Waals surface area contributed by atoms with Crippen LogP contribution in [0, 0.1) is 5.92 Å². The highest BCUT2D eigenvalue weighted by Gasteiger charge is 2.32. The van der Waals surface area contributed by atoms with Crippen molar-refractivity contribution in [1.82, 2.24) is 0 Å². The second kappa shape index (κ2) is 9.85. The van der Waals surface area contributed by atoms with Crippen molar-refractivity contribution in [1.29, 1.82) is 0 Å². The molecule has 1 atom stereocenters. The number of aliphatic imine (C=N–C) groups is 1. The molecule has 3 N–H and O–H groups in total.